The summed E-state index contributed by atoms with van der Waals surface area (Å²) < 4.78 is 0. The summed E-state index contributed by atoms with van der Waals surface area (Å²) in [6, 6.07) is 0. The fraction of sp³-hybridized carbons (Fsp3) is 0.250. The van der Waals surface area contributed by atoms with Gasteiger partial charge < -0.3 is 5.32 Å². The van der Waals surface area contributed by atoms with Gasteiger partial charge >= 0.3 is 0 Å². The minimum atomic E-state index is 0.910. The standard InChI is InChI=1S/C8H13N/c1-5-8(6-2)7(3)9-4/h5-6,9H,1,3H2,2,4H3/b8-6+. The van der Waals surface area contributed by atoms with Crippen molar-refractivity contribution in [2.24, 2.45) is 0 Å². The summed E-state index contributed by atoms with van der Waals surface area (Å²) in [4.78, 5) is 0. The lowest BCUT2D eigenvalue weighted by Crippen LogP contribution is -2.04. The van der Waals surface area contributed by atoms with E-state index >= 15 is 0 Å². The highest BCUT2D eigenvalue weighted by molar-refractivity contribution is 5.34. The average Bonchev–Trinajstić information content (AvgIpc) is 1.90. The third-order valence-electron chi connectivity index (χ3n) is 1.18. The summed E-state index contributed by atoms with van der Waals surface area (Å²) in [5, 5.41) is 2.93. The molecule has 0 aromatic rings. The van der Waals surface area contributed by atoms with Crippen molar-refractivity contribution in [1.29, 1.82) is 0 Å². The van der Waals surface area contributed by atoms with Crippen LogP contribution in [-0.4, -0.2) is 7.05 Å². The molecule has 0 heterocycles. The molecule has 0 bridgehead atoms. The monoisotopic (exact) mass is 123 g/mol. The number of hydrogen-bond donors (Lipinski definition) is 1. The molecule has 1 heteroatoms. The Morgan fingerprint density at radius 1 is 1.56 bits per heavy atom. The van der Waals surface area contributed by atoms with E-state index in [4.69, 9.17) is 0 Å². The van der Waals surface area contributed by atoms with E-state index in [-0.39, 0.29) is 0 Å². The maximum Gasteiger partial charge on any atom is 0.0334 e. The van der Waals surface area contributed by atoms with Crippen molar-refractivity contribution in [2.75, 3.05) is 7.05 Å². The number of likely N-dealkylation sites (N-methyl/N-ethyl adjacent to an activating group) is 1. The van der Waals surface area contributed by atoms with Gasteiger partial charge in [0.2, 0.25) is 0 Å². The molecule has 50 valence electrons. The van der Waals surface area contributed by atoms with Gasteiger partial charge in [-0.1, -0.05) is 25.3 Å². The van der Waals surface area contributed by atoms with Crippen LogP contribution in [0.3, 0.4) is 0 Å². The molecule has 0 rings (SSSR count). The maximum absolute atomic E-state index is 3.76. The molecule has 0 radical (unpaired) electrons. The summed E-state index contributed by atoms with van der Waals surface area (Å²) in [5.74, 6) is 0. The van der Waals surface area contributed by atoms with Gasteiger partial charge in [-0.2, -0.15) is 0 Å². The van der Waals surface area contributed by atoms with E-state index in [0.29, 0.717) is 0 Å². The van der Waals surface area contributed by atoms with Gasteiger partial charge in [-0.3, -0.25) is 0 Å². The Hall–Kier alpha value is -0.980. The fourth-order valence-corrected chi connectivity index (χ4v) is 0.560. The van der Waals surface area contributed by atoms with Gasteiger partial charge in [-0.25, -0.2) is 0 Å². The number of allylic oxidation sites excluding steroid dienone is 2. The molecule has 0 aliphatic heterocycles. The number of nitrogens with one attached hydrogen (secondary N) is 1. The van der Waals surface area contributed by atoms with Crippen molar-refractivity contribution in [3.63, 3.8) is 0 Å². The lowest BCUT2D eigenvalue weighted by atomic mass is 10.2. The van der Waals surface area contributed by atoms with Crippen LogP contribution in [-0.2, 0) is 0 Å². The first-order valence-electron chi connectivity index (χ1n) is 2.92. The van der Waals surface area contributed by atoms with Crippen molar-refractivity contribution in [3.8, 4) is 0 Å². The van der Waals surface area contributed by atoms with E-state index in [1.54, 1.807) is 6.08 Å². The van der Waals surface area contributed by atoms with Crippen molar-refractivity contribution < 1.29 is 0 Å². The number of hydrogen-bond acceptors (Lipinski definition) is 1. The zero-order chi connectivity index (χ0) is 7.28. The zero-order valence-electron chi connectivity index (χ0n) is 6.07. The Labute approximate surface area is 56.8 Å². The van der Waals surface area contributed by atoms with E-state index in [1.165, 1.54) is 0 Å². The van der Waals surface area contributed by atoms with Crippen molar-refractivity contribution in [3.05, 3.63) is 36.6 Å². The van der Waals surface area contributed by atoms with Crippen LogP contribution in [0, 0.1) is 0 Å². The zero-order valence-corrected chi connectivity index (χ0v) is 6.07. The van der Waals surface area contributed by atoms with Crippen LogP contribution < -0.4 is 5.32 Å². The van der Waals surface area contributed by atoms with E-state index < -0.39 is 0 Å². The first-order chi connectivity index (χ1) is 4.26. The van der Waals surface area contributed by atoms with Crippen molar-refractivity contribution in [2.45, 2.75) is 6.92 Å². The first-order valence-corrected chi connectivity index (χ1v) is 2.92. The van der Waals surface area contributed by atoms with Crippen LogP contribution in [0.2, 0.25) is 0 Å². The molecule has 0 atom stereocenters. The van der Waals surface area contributed by atoms with Gasteiger partial charge in [0.05, 0.1) is 0 Å². The van der Waals surface area contributed by atoms with Gasteiger partial charge in [0.1, 0.15) is 0 Å². The molecular weight excluding hydrogens is 110 g/mol. The summed E-state index contributed by atoms with van der Waals surface area (Å²) in [6.45, 7) is 9.35. The largest absolute Gasteiger partial charge is 0.388 e. The van der Waals surface area contributed by atoms with Crippen LogP contribution >= 0.6 is 0 Å². The van der Waals surface area contributed by atoms with Crippen molar-refractivity contribution in [1.82, 2.24) is 5.32 Å². The van der Waals surface area contributed by atoms with E-state index in [9.17, 15) is 0 Å². The summed E-state index contributed by atoms with van der Waals surface area (Å²) in [5.41, 5.74) is 1.96. The molecule has 0 aromatic heterocycles. The highest BCUT2D eigenvalue weighted by Gasteiger charge is 1.90. The summed E-state index contributed by atoms with van der Waals surface area (Å²) >= 11 is 0. The molecule has 1 nitrogen and oxygen atoms in total. The molecule has 0 saturated carbocycles. The smallest absolute Gasteiger partial charge is 0.0334 e. The van der Waals surface area contributed by atoms with E-state index in [0.717, 1.165) is 11.3 Å². The Morgan fingerprint density at radius 2 is 2.11 bits per heavy atom. The molecule has 0 fully saturated rings. The lowest BCUT2D eigenvalue weighted by Gasteiger charge is -2.02. The summed E-state index contributed by atoms with van der Waals surface area (Å²) in [7, 11) is 1.84. The minimum Gasteiger partial charge on any atom is -0.388 e. The molecule has 0 aliphatic rings. The predicted octanol–water partition coefficient (Wildman–Crippen LogP) is 1.85. The van der Waals surface area contributed by atoms with Gasteiger partial charge in [-0.05, 0) is 12.5 Å². The van der Waals surface area contributed by atoms with Gasteiger partial charge in [0.15, 0.2) is 0 Å². The lowest BCUT2D eigenvalue weighted by molar-refractivity contribution is 1.02. The first kappa shape index (κ1) is 8.02. The minimum absolute atomic E-state index is 0.910. The maximum atomic E-state index is 3.76. The van der Waals surface area contributed by atoms with Crippen LogP contribution in [0.25, 0.3) is 0 Å². The Balaban J connectivity index is 4.14. The molecule has 9 heavy (non-hydrogen) atoms. The fourth-order valence-electron chi connectivity index (χ4n) is 0.560. The third-order valence-corrected chi connectivity index (χ3v) is 1.18. The van der Waals surface area contributed by atoms with Crippen molar-refractivity contribution >= 4 is 0 Å². The number of rotatable bonds is 3. The second kappa shape index (κ2) is 3.96. The highest BCUT2D eigenvalue weighted by atomic mass is 14.8. The Bertz CT molecular complexity index is 143. The van der Waals surface area contributed by atoms with Gasteiger partial charge in [0.25, 0.3) is 0 Å². The second-order valence-corrected chi connectivity index (χ2v) is 1.68. The molecule has 0 aliphatic carbocycles. The van der Waals surface area contributed by atoms with E-state index in [2.05, 4.69) is 18.5 Å². The van der Waals surface area contributed by atoms with Gasteiger partial charge in [-0.15, -0.1) is 0 Å². The summed E-state index contributed by atoms with van der Waals surface area (Å²) in [6.07, 6.45) is 3.74. The van der Waals surface area contributed by atoms with Gasteiger partial charge in [0, 0.05) is 12.7 Å². The van der Waals surface area contributed by atoms with Crippen LogP contribution in [0.4, 0.5) is 0 Å². The SMILES string of the molecule is C=C/C(=C\C)C(=C)NC. The third kappa shape index (κ3) is 2.17. The average molecular weight is 123 g/mol. The topological polar surface area (TPSA) is 12.0 Å². The van der Waals surface area contributed by atoms with Crippen LogP contribution in [0.15, 0.2) is 36.6 Å². The molecule has 0 aromatic carbocycles. The molecule has 0 spiro atoms. The van der Waals surface area contributed by atoms with Crippen LogP contribution in [0.1, 0.15) is 6.92 Å². The van der Waals surface area contributed by atoms with E-state index in [1.807, 2.05) is 20.0 Å². The molecule has 0 saturated heterocycles. The Kier molecular flexibility index (Phi) is 3.52. The second-order valence-electron chi connectivity index (χ2n) is 1.68. The normalized spacial score (nSPS) is 10.7. The Morgan fingerprint density at radius 3 is 2.22 bits per heavy atom. The molecular formula is C8H13N. The quantitative estimate of drug-likeness (QED) is 0.565. The van der Waals surface area contributed by atoms with Crippen LogP contribution in [0.5, 0.6) is 0 Å². The highest BCUT2D eigenvalue weighted by Crippen LogP contribution is 2.02. The predicted molar refractivity (Wildman–Crippen MR) is 42.2 cm³/mol. The molecule has 1 N–H and O–H groups in total. The molecule has 0 amide bonds. The molecule has 0 unspecified atom stereocenters.